The Morgan fingerprint density at radius 2 is 1.83 bits per heavy atom. The molecule has 0 saturated carbocycles. The lowest BCUT2D eigenvalue weighted by Gasteiger charge is -2.40. The maximum atomic E-state index is 14.2. The van der Waals surface area contributed by atoms with Crippen molar-refractivity contribution < 1.29 is 14.0 Å². The minimum Gasteiger partial charge on any atom is -0.411 e. The van der Waals surface area contributed by atoms with Crippen molar-refractivity contribution in [3.8, 4) is 0 Å². The topological polar surface area (TPSA) is 35.8 Å². The number of likely N-dealkylation sites (tertiary alicyclic amines) is 1. The first kappa shape index (κ1) is 19.8. The molecule has 0 spiro atoms. The van der Waals surface area contributed by atoms with Crippen LogP contribution in [0.3, 0.4) is 0 Å². The summed E-state index contributed by atoms with van der Waals surface area (Å²) >= 11 is 0. The molecule has 2 aromatic rings. The van der Waals surface area contributed by atoms with Crippen LogP contribution in [0.15, 0.2) is 65.3 Å². The molecule has 0 radical (unpaired) electrons. The van der Waals surface area contributed by atoms with Gasteiger partial charge in [-0.25, -0.2) is 8.78 Å². The third-order valence-corrected chi connectivity index (χ3v) is 6.21. The Bertz CT molecular complexity index is 902. The van der Waals surface area contributed by atoms with Crippen molar-refractivity contribution >= 4 is 5.71 Å². The highest BCUT2D eigenvalue weighted by Gasteiger charge is 2.32. The van der Waals surface area contributed by atoms with Gasteiger partial charge in [0.15, 0.2) is 0 Å². The number of benzene rings is 2. The molecule has 1 unspecified atom stereocenters. The molecule has 0 amide bonds. The Labute approximate surface area is 170 Å². The molecule has 2 aromatic carbocycles. The van der Waals surface area contributed by atoms with Crippen LogP contribution in [-0.4, -0.2) is 35.0 Å². The average Bonchev–Trinajstić information content (AvgIpc) is 2.70. The van der Waals surface area contributed by atoms with Gasteiger partial charge >= 0.3 is 0 Å². The highest BCUT2D eigenvalue weighted by molar-refractivity contribution is 6.02. The second-order valence-electron chi connectivity index (χ2n) is 7.94. The van der Waals surface area contributed by atoms with Crippen molar-refractivity contribution in [2.75, 3.05) is 13.1 Å². The fourth-order valence-electron chi connectivity index (χ4n) is 4.48. The molecular weight excluding hydrogens is 370 g/mol. The Balaban J connectivity index is 1.45. The monoisotopic (exact) mass is 396 g/mol. The van der Waals surface area contributed by atoms with Gasteiger partial charge in [-0.05, 0) is 62.9 Å². The Morgan fingerprint density at radius 1 is 1.10 bits per heavy atom. The van der Waals surface area contributed by atoms with Crippen molar-refractivity contribution in [3.63, 3.8) is 0 Å². The van der Waals surface area contributed by atoms with Gasteiger partial charge in [0, 0.05) is 23.6 Å². The zero-order valence-electron chi connectivity index (χ0n) is 16.4. The number of halogens is 2. The third-order valence-electron chi connectivity index (χ3n) is 6.21. The number of hydrogen-bond donors (Lipinski definition) is 1. The summed E-state index contributed by atoms with van der Waals surface area (Å²) in [5.74, 6) is -1.35. The molecule has 3 nitrogen and oxygen atoms in total. The quantitative estimate of drug-likeness (QED) is 0.316. The van der Waals surface area contributed by atoms with E-state index in [0.717, 1.165) is 51.3 Å². The number of nitrogens with zero attached hydrogens (tertiary/aromatic N) is 2. The van der Waals surface area contributed by atoms with E-state index in [4.69, 9.17) is 0 Å². The van der Waals surface area contributed by atoms with Gasteiger partial charge in [-0.1, -0.05) is 47.1 Å². The molecule has 1 heterocycles. The van der Waals surface area contributed by atoms with E-state index >= 15 is 0 Å². The molecule has 2 aliphatic rings. The van der Waals surface area contributed by atoms with Crippen LogP contribution < -0.4 is 0 Å². The van der Waals surface area contributed by atoms with Crippen LogP contribution in [0.5, 0.6) is 0 Å². The predicted octanol–water partition coefficient (Wildman–Crippen LogP) is 5.19. The van der Waals surface area contributed by atoms with Crippen LogP contribution in [0, 0.1) is 17.6 Å². The number of oxime groups is 1. The molecule has 0 bridgehead atoms. The van der Waals surface area contributed by atoms with Gasteiger partial charge in [-0.15, -0.1) is 0 Å². The lowest BCUT2D eigenvalue weighted by atomic mass is 9.83. The van der Waals surface area contributed by atoms with Crippen molar-refractivity contribution in [1.82, 2.24) is 4.90 Å². The maximum absolute atomic E-state index is 14.2. The van der Waals surface area contributed by atoms with E-state index in [-0.39, 0.29) is 11.5 Å². The molecule has 5 heteroatoms. The van der Waals surface area contributed by atoms with Crippen molar-refractivity contribution in [2.45, 2.75) is 38.1 Å². The van der Waals surface area contributed by atoms with Crippen molar-refractivity contribution in [3.05, 3.63) is 82.9 Å². The van der Waals surface area contributed by atoms with E-state index in [1.54, 1.807) is 0 Å². The summed E-state index contributed by atoms with van der Waals surface area (Å²) in [6, 6.07) is 14.3. The van der Waals surface area contributed by atoms with E-state index in [9.17, 15) is 14.0 Å². The highest BCUT2D eigenvalue weighted by atomic mass is 19.1. The van der Waals surface area contributed by atoms with Crippen LogP contribution in [0.1, 0.15) is 36.8 Å². The first-order chi connectivity index (χ1) is 14.2. The summed E-state index contributed by atoms with van der Waals surface area (Å²) in [4.78, 5) is 2.50. The fraction of sp³-hybridized carbons (Fsp3) is 0.375. The third kappa shape index (κ3) is 4.40. The highest BCUT2D eigenvalue weighted by Crippen LogP contribution is 2.32. The SMILES string of the molecule is ON=C(c1ccc(F)cc1F)C1CCN(C(Cc2ccccc2)C2=CCC2)CC1. The van der Waals surface area contributed by atoms with Crippen LogP contribution in [0.4, 0.5) is 8.78 Å². The van der Waals surface area contributed by atoms with E-state index < -0.39 is 11.6 Å². The summed E-state index contributed by atoms with van der Waals surface area (Å²) in [6.45, 7) is 1.72. The zero-order valence-corrected chi connectivity index (χ0v) is 16.4. The molecule has 29 heavy (non-hydrogen) atoms. The van der Waals surface area contributed by atoms with E-state index in [0.29, 0.717) is 11.8 Å². The van der Waals surface area contributed by atoms with Crippen LogP contribution in [0.25, 0.3) is 0 Å². The van der Waals surface area contributed by atoms with Gasteiger partial charge in [0.1, 0.15) is 11.6 Å². The largest absolute Gasteiger partial charge is 0.411 e. The first-order valence-electron chi connectivity index (χ1n) is 10.3. The standard InChI is InChI=1S/C24H26F2N2O/c25-20-9-10-21(22(26)16-20)24(27-29)19-11-13-28(14-12-19)23(18-7-4-8-18)15-17-5-2-1-3-6-17/h1-3,5-7,9-10,16,19,23,29H,4,8,11-15H2. The number of rotatable bonds is 6. The molecule has 0 aromatic heterocycles. The maximum Gasteiger partial charge on any atom is 0.135 e. The second-order valence-corrected chi connectivity index (χ2v) is 7.94. The molecule has 1 saturated heterocycles. The summed E-state index contributed by atoms with van der Waals surface area (Å²) in [6.07, 6.45) is 7.21. The molecule has 1 fully saturated rings. The fourth-order valence-corrected chi connectivity index (χ4v) is 4.48. The lowest BCUT2D eigenvalue weighted by Crippen LogP contribution is -2.45. The Morgan fingerprint density at radius 3 is 2.41 bits per heavy atom. The average molecular weight is 396 g/mol. The van der Waals surface area contributed by atoms with Crippen molar-refractivity contribution in [2.24, 2.45) is 11.1 Å². The number of piperidine rings is 1. The molecular formula is C24H26F2N2O. The van der Waals surface area contributed by atoms with Crippen molar-refractivity contribution in [1.29, 1.82) is 0 Å². The summed E-state index contributed by atoms with van der Waals surface area (Å²) in [7, 11) is 0. The number of hydrogen-bond acceptors (Lipinski definition) is 3. The minimum atomic E-state index is -0.679. The van der Waals surface area contributed by atoms with Gasteiger partial charge < -0.3 is 5.21 Å². The molecule has 4 rings (SSSR count). The van der Waals surface area contributed by atoms with Gasteiger partial charge in [0.05, 0.1) is 5.71 Å². The Kier molecular flexibility index (Phi) is 6.05. The normalized spacial score (nSPS) is 19.5. The minimum absolute atomic E-state index is 0.0380. The predicted molar refractivity (Wildman–Crippen MR) is 110 cm³/mol. The van der Waals surface area contributed by atoms with Crippen LogP contribution in [0.2, 0.25) is 0 Å². The van der Waals surface area contributed by atoms with Gasteiger partial charge in [-0.2, -0.15) is 0 Å². The molecule has 1 N–H and O–H groups in total. The van der Waals surface area contributed by atoms with E-state index in [1.165, 1.54) is 23.3 Å². The summed E-state index contributed by atoms with van der Waals surface area (Å²) in [5.41, 5.74) is 3.35. The second kappa shape index (κ2) is 8.87. The van der Waals surface area contributed by atoms with Crippen LogP contribution in [-0.2, 0) is 6.42 Å². The Hall–Kier alpha value is -2.53. The zero-order chi connectivity index (χ0) is 20.2. The summed E-state index contributed by atoms with van der Waals surface area (Å²) < 4.78 is 27.4. The smallest absolute Gasteiger partial charge is 0.135 e. The number of allylic oxidation sites excluding steroid dienone is 1. The molecule has 152 valence electrons. The first-order valence-corrected chi connectivity index (χ1v) is 10.3. The molecule has 1 aliphatic heterocycles. The van der Waals surface area contributed by atoms with Crippen LogP contribution >= 0.6 is 0 Å². The molecule has 1 atom stereocenters. The summed E-state index contributed by atoms with van der Waals surface area (Å²) in [5, 5.41) is 12.9. The van der Waals surface area contributed by atoms with Gasteiger partial charge in [0.25, 0.3) is 0 Å². The van der Waals surface area contributed by atoms with E-state index in [2.05, 4.69) is 40.4 Å². The lowest BCUT2D eigenvalue weighted by molar-refractivity contribution is 0.161. The van der Waals surface area contributed by atoms with Gasteiger partial charge in [0.2, 0.25) is 0 Å². The van der Waals surface area contributed by atoms with E-state index in [1.807, 2.05) is 6.07 Å². The van der Waals surface area contributed by atoms with Gasteiger partial charge in [-0.3, -0.25) is 4.90 Å². The molecule has 1 aliphatic carbocycles.